The molecule has 1 heterocycles. The third kappa shape index (κ3) is 2.92. The predicted octanol–water partition coefficient (Wildman–Crippen LogP) is 0.987. The van der Waals surface area contributed by atoms with Crippen LogP contribution in [0.1, 0.15) is 26.2 Å². The first-order valence-corrected chi connectivity index (χ1v) is 5.73. The van der Waals surface area contributed by atoms with Crippen LogP contribution in [0.15, 0.2) is 0 Å². The van der Waals surface area contributed by atoms with E-state index in [9.17, 15) is 22.8 Å². The van der Waals surface area contributed by atoms with E-state index in [1.165, 1.54) is 0 Å². The van der Waals surface area contributed by atoms with Gasteiger partial charge in [-0.1, -0.05) is 13.3 Å². The van der Waals surface area contributed by atoms with Gasteiger partial charge < -0.3 is 11.1 Å². The third-order valence-electron chi connectivity index (χ3n) is 2.76. The van der Waals surface area contributed by atoms with E-state index in [1.807, 2.05) is 0 Å². The zero-order chi connectivity index (χ0) is 13.9. The van der Waals surface area contributed by atoms with Crippen LogP contribution in [0.4, 0.5) is 18.0 Å². The summed E-state index contributed by atoms with van der Waals surface area (Å²) in [6, 6.07) is -3.99. The summed E-state index contributed by atoms with van der Waals surface area (Å²) in [6.07, 6.45) is -4.22. The van der Waals surface area contributed by atoms with Gasteiger partial charge in [-0.05, 0) is 19.4 Å². The van der Waals surface area contributed by atoms with Gasteiger partial charge in [0.15, 0.2) is 0 Å². The average molecular weight is 267 g/mol. The van der Waals surface area contributed by atoms with Crippen molar-refractivity contribution in [3.8, 4) is 0 Å². The van der Waals surface area contributed by atoms with Gasteiger partial charge in [0.1, 0.15) is 12.1 Å². The maximum absolute atomic E-state index is 12.8. The van der Waals surface area contributed by atoms with Gasteiger partial charge in [-0.25, -0.2) is 4.79 Å². The molecule has 0 radical (unpaired) electrons. The molecule has 1 rings (SSSR count). The molecule has 3 N–H and O–H groups in total. The molecule has 0 aliphatic carbocycles. The summed E-state index contributed by atoms with van der Waals surface area (Å²) >= 11 is 0. The van der Waals surface area contributed by atoms with Crippen LogP contribution in [0.25, 0.3) is 0 Å². The second kappa shape index (κ2) is 5.55. The van der Waals surface area contributed by atoms with Crippen molar-refractivity contribution in [3.05, 3.63) is 0 Å². The Balaban J connectivity index is 2.92. The van der Waals surface area contributed by atoms with E-state index in [4.69, 9.17) is 5.73 Å². The Labute approximate surface area is 102 Å². The molecule has 0 bridgehead atoms. The molecule has 1 fully saturated rings. The van der Waals surface area contributed by atoms with Crippen LogP contribution in [0, 0.1) is 0 Å². The fraction of sp³-hybridized carbons (Fsp3) is 0.800. The first-order valence-electron chi connectivity index (χ1n) is 5.73. The number of alkyl halides is 3. The van der Waals surface area contributed by atoms with Crippen molar-refractivity contribution in [2.45, 2.75) is 44.4 Å². The predicted molar refractivity (Wildman–Crippen MR) is 57.6 cm³/mol. The van der Waals surface area contributed by atoms with Gasteiger partial charge in [-0.3, -0.25) is 9.69 Å². The lowest BCUT2D eigenvalue weighted by molar-refractivity contribution is -0.181. The molecule has 2 atom stereocenters. The lowest BCUT2D eigenvalue weighted by Gasteiger charge is -2.27. The number of nitrogens with one attached hydrogen (secondary N) is 1. The van der Waals surface area contributed by atoms with Gasteiger partial charge in [0, 0.05) is 0 Å². The summed E-state index contributed by atoms with van der Waals surface area (Å²) in [5.74, 6) is -0.822. The van der Waals surface area contributed by atoms with Crippen LogP contribution in [0.3, 0.4) is 0 Å². The lowest BCUT2D eigenvalue weighted by atomic mass is 10.1. The number of rotatable bonds is 5. The molecule has 8 heteroatoms. The van der Waals surface area contributed by atoms with Gasteiger partial charge in [0.2, 0.25) is 0 Å². The zero-order valence-corrected chi connectivity index (χ0v) is 9.96. The second-order valence-electron chi connectivity index (χ2n) is 4.13. The number of nitrogens with zero attached hydrogens (tertiary/aromatic N) is 1. The summed E-state index contributed by atoms with van der Waals surface area (Å²) in [5.41, 5.74) is 5.11. The molecular weight excluding hydrogens is 251 g/mol. The molecule has 0 spiro atoms. The van der Waals surface area contributed by atoms with Gasteiger partial charge in [0.05, 0.1) is 0 Å². The minimum absolute atomic E-state index is 0.250. The van der Waals surface area contributed by atoms with Gasteiger partial charge >= 0.3 is 12.2 Å². The monoisotopic (exact) mass is 267 g/mol. The maximum Gasteiger partial charge on any atom is 0.409 e. The molecule has 0 aromatic heterocycles. The van der Waals surface area contributed by atoms with Crippen molar-refractivity contribution in [2.24, 2.45) is 5.73 Å². The van der Waals surface area contributed by atoms with Crippen molar-refractivity contribution in [2.75, 3.05) is 6.54 Å². The number of amides is 3. The number of carbonyl (C=O) groups excluding carboxylic acids is 2. The number of hydrogen-bond acceptors (Lipinski definition) is 3. The molecule has 1 aliphatic heterocycles. The summed E-state index contributed by atoms with van der Waals surface area (Å²) in [4.78, 5) is 23.5. The van der Waals surface area contributed by atoms with Crippen LogP contribution < -0.4 is 11.1 Å². The summed E-state index contributed by atoms with van der Waals surface area (Å²) < 4.78 is 38.4. The summed E-state index contributed by atoms with van der Waals surface area (Å²) in [7, 11) is 0. The van der Waals surface area contributed by atoms with Crippen molar-refractivity contribution in [1.29, 1.82) is 0 Å². The molecule has 3 amide bonds. The van der Waals surface area contributed by atoms with Crippen molar-refractivity contribution in [3.63, 3.8) is 0 Å². The first-order chi connectivity index (χ1) is 8.32. The van der Waals surface area contributed by atoms with E-state index in [-0.39, 0.29) is 11.4 Å². The van der Waals surface area contributed by atoms with Crippen LogP contribution in [-0.2, 0) is 4.79 Å². The van der Waals surface area contributed by atoms with Gasteiger partial charge in [0.25, 0.3) is 5.91 Å². The smallest absolute Gasteiger partial charge is 0.330 e. The second-order valence-corrected chi connectivity index (χ2v) is 4.13. The Kier molecular flexibility index (Phi) is 4.55. The highest BCUT2D eigenvalue weighted by atomic mass is 19.4. The van der Waals surface area contributed by atoms with Crippen LogP contribution in [0.5, 0.6) is 0 Å². The minimum atomic E-state index is -4.66. The molecule has 1 aliphatic rings. The Morgan fingerprint density at radius 3 is 2.50 bits per heavy atom. The highest BCUT2D eigenvalue weighted by molar-refractivity contribution is 6.04. The van der Waals surface area contributed by atoms with E-state index in [0.717, 1.165) is 0 Å². The molecule has 1 saturated heterocycles. The molecular formula is C10H16F3N3O2. The Hall–Kier alpha value is -1.31. The Bertz CT molecular complexity index is 333. The standard InChI is InChI=1S/C10H16F3N3O2/c1-2-3-6-8(17)16(9(18)15-6)7(4-5-14)10(11,12)13/h6-7H,2-5,14H2,1H3,(H,15,18). The molecule has 18 heavy (non-hydrogen) atoms. The number of carbonyl (C=O) groups is 2. The number of halogens is 3. The van der Waals surface area contributed by atoms with Crippen LogP contribution in [-0.4, -0.2) is 41.6 Å². The molecule has 5 nitrogen and oxygen atoms in total. The Morgan fingerprint density at radius 2 is 2.06 bits per heavy atom. The quantitative estimate of drug-likeness (QED) is 0.729. The van der Waals surface area contributed by atoms with Crippen molar-refractivity contribution < 1.29 is 22.8 Å². The average Bonchev–Trinajstić information content (AvgIpc) is 2.51. The van der Waals surface area contributed by atoms with Gasteiger partial charge in [-0.15, -0.1) is 0 Å². The number of imide groups is 1. The fourth-order valence-electron chi connectivity index (χ4n) is 1.92. The normalized spacial score (nSPS) is 22.3. The van der Waals surface area contributed by atoms with E-state index < -0.39 is 36.6 Å². The Morgan fingerprint density at radius 1 is 1.44 bits per heavy atom. The molecule has 104 valence electrons. The molecule has 0 aromatic rings. The summed E-state index contributed by atoms with van der Waals surface area (Å²) in [5, 5.41) is 2.26. The molecule has 0 saturated carbocycles. The lowest BCUT2D eigenvalue weighted by Crippen LogP contribution is -2.50. The first kappa shape index (κ1) is 14.7. The van der Waals surface area contributed by atoms with E-state index in [0.29, 0.717) is 12.8 Å². The highest BCUT2D eigenvalue weighted by Gasteiger charge is 2.51. The van der Waals surface area contributed by atoms with Crippen molar-refractivity contribution in [1.82, 2.24) is 10.2 Å². The fourth-order valence-corrected chi connectivity index (χ4v) is 1.92. The summed E-state index contributed by atoms with van der Waals surface area (Å²) in [6.45, 7) is 1.53. The van der Waals surface area contributed by atoms with E-state index >= 15 is 0 Å². The maximum atomic E-state index is 12.8. The van der Waals surface area contributed by atoms with Crippen LogP contribution in [0.2, 0.25) is 0 Å². The topological polar surface area (TPSA) is 75.4 Å². The van der Waals surface area contributed by atoms with E-state index in [1.54, 1.807) is 6.92 Å². The highest BCUT2D eigenvalue weighted by Crippen LogP contribution is 2.29. The SMILES string of the molecule is CCCC1NC(=O)N(C(CCN)C(F)(F)F)C1=O. The molecule has 2 unspecified atom stereocenters. The van der Waals surface area contributed by atoms with Gasteiger partial charge in [-0.2, -0.15) is 13.2 Å². The number of urea groups is 1. The third-order valence-corrected chi connectivity index (χ3v) is 2.76. The number of nitrogens with two attached hydrogens (primary N) is 1. The zero-order valence-electron chi connectivity index (χ0n) is 9.96. The molecule has 0 aromatic carbocycles. The van der Waals surface area contributed by atoms with E-state index in [2.05, 4.69) is 5.32 Å². The van der Waals surface area contributed by atoms with Crippen molar-refractivity contribution >= 4 is 11.9 Å². The van der Waals surface area contributed by atoms with Crippen LogP contribution >= 0.6 is 0 Å². The largest absolute Gasteiger partial charge is 0.409 e. The minimum Gasteiger partial charge on any atom is -0.330 e. The number of hydrogen-bond donors (Lipinski definition) is 2.